The van der Waals surface area contributed by atoms with Crippen molar-refractivity contribution >= 4 is 41.7 Å². The molecule has 1 atom stereocenters. The molecule has 0 radical (unpaired) electrons. The number of halogens is 3. The average molecular weight is 499 g/mol. The molecule has 1 aliphatic rings. The lowest BCUT2D eigenvalue weighted by atomic mass is 9.99. The third-order valence-electron chi connectivity index (χ3n) is 4.50. The molecule has 1 aromatic carbocycles. The summed E-state index contributed by atoms with van der Waals surface area (Å²) in [5.41, 5.74) is 0.676. The van der Waals surface area contributed by atoms with Crippen LogP contribution in [-0.4, -0.2) is 43.3 Å². The second kappa shape index (κ2) is 11.3. The molecule has 0 saturated carbocycles. The molecule has 1 aliphatic heterocycles. The van der Waals surface area contributed by atoms with Crippen molar-refractivity contribution in [1.82, 2.24) is 10.6 Å². The van der Waals surface area contributed by atoms with Crippen LogP contribution in [0.25, 0.3) is 0 Å². The fraction of sp³-hybridized carbons (Fsp3) is 0.611. The van der Waals surface area contributed by atoms with Gasteiger partial charge in [-0.2, -0.15) is 11.8 Å². The zero-order chi connectivity index (χ0) is 18.3. The summed E-state index contributed by atoms with van der Waals surface area (Å²) < 4.78 is 32.1. The highest BCUT2D eigenvalue weighted by Gasteiger charge is 2.31. The third kappa shape index (κ3) is 6.53. The van der Waals surface area contributed by atoms with Gasteiger partial charge in [0.15, 0.2) is 17.6 Å². The lowest BCUT2D eigenvalue weighted by Crippen LogP contribution is -2.41. The average Bonchev–Trinajstić information content (AvgIpc) is 2.63. The van der Waals surface area contributed by atoms with Crippen LogP contribution in [0.5, 0.6) is 0 Å². The van der Waals surface area contributed by atoms with Gasteiger partial charge in [0.1, 0.15) is 0 Å². The molecule has 148 valence electrons. The fourth-order valence-corrected chi connectivity index (χ4v) is 3.55. The molecule has 8 heteroatoms. The predicted octanol–water partition coefficient (Wildman–Crippen LogP) is 4.11. The molecule has 0 spiro atoms. The van der Waals surface area contributed by atoms with Crippen molar-refractivity contribution in [2.45, 2.75) is 37.5 Å². The minimum atomic E-state index is -0.836. The van der Waals surface area contributed by atoms with Gasteiger partial charge in [-0.15, -0.1) is 24.0 Å². The summed E-state index contributed by atoms with van der Waals surface area (Å²) in [7, 11) is 0. The molecule has 26 heavy (non-hydrogen) atoms. The number of ether oxygens (including phenoxy) is 1. The predicted molar refractivity (Wildman–Crippen MR) is 116 cm³/mol. The molecule has 0 bridgehead atoms. The van der Waals surface area contributed by atoms with Gasteiger partial charge < -0.3 is 15.4 Å². The molecule has 1 aromatic rings. The summed E-state index contributed by atoms with van der Waals surface area (Å²) >= 11 is 1.84. The first kappa shape index (κ1) is 23.4. The van der Waals surface area contributed by atoms with E-state index in [0.717, 1.165) is 38.7 Å². The van der Waals surface area contributed by atoms with E-state index in [4.69, 9.17) is 9.73 Å². The summed E-state index contributed by atoms with van der Waals surface area (Å²) in [4.78, 5) is 4.74. The number of thioether (sulfide) groups is 1. The molecular weight excluding hydrogens is 471 g/mol. The quantitative estimate of drug-likeness (QED) is 0.352. The van der Waals surface area contributed by atoms with E-state index in [9.17, 15) is 8.78 Å². The van der Waals surface area contributed by atoms with Crippen LogP contribution in [-0.2, 0) is 4.74 Å². The number of hydrogen-bond donors (Lipinski definition) is 2. The van der Waals surface area contributed by atoms with E-state index in [0.29, 0.717) is 18.1 Å². The van der Waals surface area contributed by atoms with Gasteiger partial charge in [0.2, 0.25) is 0 Å². The number of nitrogens with zero attached hydrogens (tertiary/aromatic N) is 1. The standard InChI is InChI=1S/C18H27F2N3OS.HI/c1-4-21-17(22-12-18(25-3)7-9-24-10-8-18)23-13(2)14-5-6-15(19)16(20)11-14;/h5-6,11,13H,4,7-10,12H2,1-3H3,(H2,21,22,23);1H. The van der Waals surface area contributed by atoms with Crippen LogP contribution < -0.4 is 10.6 Å². The van der Waals surface area contributed by atoms with E-state index in [1.54, 1.807) is 6.07 Å². The van der Waals surface area contributed by atoms with E-state index in [-0.39, 0.29) is 34.8 Å². The first-order valence-corrected chi connectivity index (χ1v) is 9.85. The summed E-state index contributed by atoms with van der Waals surface area (Å²) in [6.45, 7) is 6.86. The van der Waals surface area contributed by atoms with Crippen LogP contribution in [0.3, 0.4) is 0 Å². The van der Waals surface area contributed by atoms with Crippen LogP contribution in [0.4, 0.5) is 8.78 Å². The van der Waals surface area contributed by atoms with E-state index in [2.05, 4.69) is 16.9 Å². The molecule has 2 N–H and O–H groups in total. The van der Waals surface area contributed by atoms with Crippen LogP contribution in [0, 0.1) is 11.6 Å². The number of guanidine groups is 1. The summed E-state index contributed by atoms with van der Waals surface area (Å²) in [6.07, 6.45) is 4.08. The number of benzene rings is 1. The minimum absolute atomic E-state index is 0. The van der Waals surface area contributed by atoms with Gasteiger partial charge >= 0.3 is 0 Å². The molecular formula is C18H28F2IN3OS. The number of hydrogen-bond acceptors (Lipinski definition) is 3. The maximum atomic E-state index is 13.4. The maximum Gasteiger partial charge on any atom is 0.191 e. The molecule has 4 nitrogen and oxygen atoms in total. The van der Waals surface area contributed by atoms with Gasteiger partial charge in [0, 0.05) is 24.5 Å². The summed E-state index contributed by atoms with van der Waals surface area (Å²) in [5.74, 6) is -0.991. The van der Waals surface area contributed by atoms with Gasteiger partial charge in [0.25, 0.3) is 0 Å². The number of aliphatic imine (C=N–C) groups is 1. The lowest BCUT2D eigenvalue weighted by Gasteiger charge is -2.34. The number of nitrogens with one attached hydrogen (secondary N) is 2. The summed E-state index contributed by atoms with van der Waals surface area (Å²) in [5, 5.41) is 6.49. The van der Waals surface area contributed by atoms with Crippen molar-refractivity contribution in [2.24, 2.45) is 4.99 Å². The third-order valence-corrected chi connectivity index (χ3v) is 5.91. The Morgan fingerprint density at radius 2 is 2.00 bits per heavy atom. The summed E-state index contributed by atoms with van der Waals surface area (Å²) in [6, 6.07) is 3.77. The zero-order valence-electron chi connectivity index (χ0n) is 15.5. The smallest absolute Gasteiger partial charge is 0.191 e. The molecule has 1 unspecified atom stereocenters. The minimum Gasteiger partial charge on any atom is -0.381 e. The Balaban J connectivity index is 0.00000338. The van der Waals surface area contributed by atoms with Crippen molar-refractivity contribution in [3.63, 3.8) is 0 Å². The van der Waals surface area contributed by atoms with Crippen molar-refractivity contribution < 1.29 is 13.5 Å². The van der Waals surface area contributed by atoms with Gasteiger partial charge in [0.05, 0.1) is 12.6 Å². The fourth-order valence-electron chi connectivity index (χ4n) is 2.78. The van der Waals surface area contributed by atoms with E-state index < -0.39 is 11.6 Å². The van der Waals surface area contributed by atoms with E-state index in [1.165, 1.54) is 6.07 Å². The van der Waals surface area contributed by atoms with Crippen LogP contribution in [0.1, 0.15) is 38.3 Å². The van der Waals surface area contributed by atoms with Crippen LogP contribution in [0.15, 0.2) is 23.2 Å². The SMILES string of the molecule is CCNC(=NCC1(SC)CCOCC1)NC(C)c1ccc(F)c(F)c1.I. The highest BCUT2D eigenvalue weighted by Crippen LogP contribution is 2.34. The van der Waals surface area contributed by atoms with Gasteiger partial charge in [-0.25, -0.2) is 8.78 Å². The molecule has 0 aliphatic carbocycles. The molecule has 2 rings (SSSR count). The van der Waals surface area contributed by atoms with Gasteiger partial charge in [-0.05, 0) is 50.6 Å². The Morgan fingerprint density at radius 3 is 2.58 bits per heavy atom. The van der Waals surface area contributed by atoms with Gasteiger partial charge in [-0.1, -0.05) is 6.07 Å². The van der Waals surface area contributed by atoms with Crippen molar-refractivity contribution in [3.8, 4) is 0 Å². The Hall–Kier alpha value is -0.610. The van der Waals surface area contributed by atoms with Gasteiger partial charge in [-0.3, -0.25) is 4.99 Å². The monoisotopic (exact) mass is 499 g/mol. The second-order valence-electron chi connectivity index (χ2n) is 6.23. The topological polar surface area (TPSA) is 45.7 Å². The molecule has 1 heterocycles. The second-order valence-corrected chi connectivity index (χ2v) is 7.51. The highest BCUT2D eigenvalue weighted by atomic mass is 127. The first-order valence-electron chi connectivity index (χ1n) is 8.62. The molecule has 1 saturated heterocycles. The van der Waals surface area contributed by atoms with Crippen molar-refractivity contribution in [3.05, 3.63) is 35.4 Å². The Labute approximate surface area is 176 Å². The van der Waals surface area contributed by atoms with Crippen molar-refractivity contribution in [2.75, 3.05) is 32.6 Å². The normalized spacial score (nSPS) is 18.0. The molecule has 1 fully saturated rings. The lowest BCUT2D eigenvalue weighted by molar-refractivity contribution is 0.0794. The van der Waals surface area contributed by atoms with E-state index in [1.807, 2.05) is 25.6 Å². The van der Waals surface area contributed by atoms with Crippen LogP contribution in [0.2, 0.25) is 0 Å². The van der Waals surface area contributed by atoms with Crippen molar-refractivity contribution in [1.29, 1.82) is 0 Å². The first-order chi connectivity index (χ1) is 12.0. The zero-order valence-corrected chi connectivity index (χ0v) is 18.6. The molecule has 0 amide bonds. The Kier molecular flexibility index (Phi) is 10.2. The largest absolute Gasteiger partial charge is 0.381 e. The molecule has 0 aromatic heterocycles. The Bertz CT molecular complexity index is 598. The number of rotatable bonds is 6. The Morgan fingerprint density at radius 1 is 1.31 bits per heavy atom. The van der Waals surface area contributed by atoms with E-state index >= 15 is 0 Å². The maximum absolute atomic E-state index is 13.4. The highest BCUT2D eigenvalue weighted by molar-refractivity contribution is 14.0. The van der Waals surface area contributed by atoms with Crippen LogP contribution >= 0.6 is 35.7 Å².